The van der Waals surface area contributed by atoms with E-state index in [4.69, 9.17) is 4.74 Å². The SMILES string of the molecule is CCC1(CC)C(Br)CC1Oc1ccc(Br)c(C)c1. The molecule has 2 rings (SSSR count). The number of hydrogen-bond donors (Lipinski definition) is 0. The molecule has 0 bridgehead atoms. The summed E-state index contributed by atoms with van der Waals surface area (Å²) in [6, 6.07) is 6.23. The van der Waals surface area contributed by atoms with E-state index in [0.717, 1.165) is 16.6 Å². The van der Waals surface area contributed by atoms with Gasteiger partial charge in [-0.2, -0.15) is 0 Å². The number of benzene rings is 1. The van der Waals surface area contributed by atoms with Crippen LogP contribution in [0.3, 0.4) is 0 Å². The second kappa shape index (κ2) is 5.54. The van der Waals surface area contributed by atoms with Gasteiger partial charge in [0.25, 0.3) is 0 Å². The molecule has 0 radical (unpaired) electrons. The van der Waals surface area contributed by atoms with E-state index >= 15 is 0 Å². The van der Waals surface area contributed by atoms with E-state index < -0.39 is 0 Å². The molecule has 2 atom stereocenters. The predicted octanol–water partition coefficient (Wildman–Crippen LogP) is 5.48. The van der Waals surface area contributed by atoms with Crippen LogP contribution in [0.15, 0.2) is 22.7 Å². The summed E-state index contributed by atoms with van der Waals surface area (Å²) < 4.78 is 7.34. The van der Waals surface area contributed by atoms with Gasteiger partial charge in [0.05, 0.1) is 0 Å². The molecule has 1 fully saturated rings. The number of alkyl halides is 1. The van der Waals surface area contributed by atoms with Gasteiger partial charge in [-0.15, -0.1) is 0 Å². The molecule has 1 nitrogen and oxygen atoms in total. The fourth-order valence-corrected chi connectivity index (χ4v) is 4.40. The van der Waals surface area contributed by atoms with Crippen LogP contribution in [-0.4, -0.2) is 10.9 Å². The first-order valence-corrected chi connectivity index (χ1v) is 8.31. The van der Waals surface area contributed by atoms with Crippen LogP contribution < -0.4 is 4.74 Å². The van der Waals surface area contributed by atoms with Gasteiger partial charge in [0.1, 0.15) is 11.9 Å². The zero-order chi connectivity index (χ0) is 13.3. The van der Waals surface area contributed by atoms with Crippen LogP contribution in [0.4, 0.5) is 0 Å². The van der Waals surface area contributed by atoms with Crippen LogP contribution >= 0.6 is 31.9 Å². The fraction of sp³-hybridized carbons (Fsp3) is 0.600. The fourth-order valence-electron chi connectivity index (χ4n) is 2.87. The minimum atomic E-state index is 0.307. The zero-order valence-electron chi connectivity index (χ0n) is 11.2. The van der Waals surface area contributed by atoms with E-state index in [0.29, 0.717) is 16.3 Å². The molecule has 1 aliphatic rings. The Morgan fingerprint density at radius 1 is 1.33 bits per heavy atom. The molecule has 0 spiro atoms. The van der Waals surface area contributed by atoms with Crippen molar-refractivity contribution in [2.24, 2.45) is 5.41 Å². The lowest BCUT2D eigenvalue weighted by Gasteiger charge is -2.52. The molecule has 2 unspecified atom stereocenters. The third-order valence-electron chi connectivity index (χ3n) is 4.41. The Balaban J connectivity index is 2.12. The quantitative estimate of drug-likeness (QED) is 0.633. The predicted molar refractivity (Wildman–Crippen MR) is 83.6 cm³/mol. The highest BCUT2D eigenvalue weighted by atomic mass is 79.9. The van der Waals surface area contributed by atoms with Crippen LogP contribution in [0.25, 0.3) is 0 Å². The lowest BCUT2D eigenvalue weighted by Crippen LogP contribution is -2.56. The van der Waals surface area contributed by atoms with Gasteiger partial charge < -0.3 is 4.74 Å². The van der Waals surface area contributed by atoms with Gasteiger partial charge in [-0.25, -0.2) is 0 Å². The van der Waals surface area contributed by atoms with Crippen molar-refractivity contribution in [3.8, 4) is 5.75 Å². The van der Waals surface area contributed by atoms with Crippen molar-refractivity contribution in [1.29, 1.82) is 0 Å². The smallest absolute Gasteiger partial charge is 0.120 e. The number of halogens is 2. The van der Waals surface area contributed by atoms with Gasteiger partial charge in [0.2, 0.25) is 0 Å². The standard InChI is InChI=1S/C15H20Br2O/c1-4-15(5-2)13(17)9-14(15)18-11-6-7-12(16)10(3)8-11/h6-8,13-14H,4-5,9H2,1-3H3. The Hall–Kier alpha value is -0.0200. The first-order valence-electron chi connectivity index (χ1n) is 6.60. The maximum atomic E-state index is 6.20. The molecule has 0 N–H and O–H groups in total. The summed E-state index contributed by atoms with van der Waals surface area (Å²) in [5.41, 5.74) is 1.53. The Bertz CT molecular complexity index is 427. The minimum Gasteiger partial charge on any atom is -0.490 e. The molecule has 0 saturated heterocycles. The van der Waals surface area contributed by atoms with E-state index in [1.54, 1.807) is 0 Å². The molecule has 100 valence electrons. The lowest BCUT2D eigenvalue weighted by atomic mass is 9.62. The Morgan fingerprint density at radius 2 is 2.00 bits per heavy atom. The van der Waals surface area contributed by atoms with E-state index in [2.05, 4.69) is 70.8 Å². The van der Waals surface area contributed by atoms with Gasteiger partial charge in [0, 0.05) is 14.7 Å². The summed E-state index contributed by atoms with van der Waals surface area (Å²) in [4.78, 5) is 0.599. The topological polar surface area (TPSA) is 9.23 Å². The third kappa shape index (κ3) is 2.36. The molecule has 1 aliphatic carbocycles. The van der Waals surface area contributed by atoms with Crippen molar-refractivity contribution < 1.29 is 4.74 Å². The molecule has 1 aromatic rings. The summed E-state index contributed by atoms with van der Waals surface area (Å²) >= 11 is 7.32. The second-order valence-electron chi connectivity index (χ2n) is 5.16. The highest BCUT2D eigenvalue weighted by molar-refractivity contribution is 9.10. The van der Waals surface area contributed by atoms with Crippen molar-refractivity contribution in [2.45, 2.75) is 51.0 Å². The highest BCUT2D eigenvalue weighted by Gasteiger charge is 2.53. The highest BCUT2D eigenvalue weighted by Crippen LogP contribution is 2.52. The summed E-state index contributed by atoms with van der Waals surface area (Å²) in [5, 5.41) is 0. The second-order valence-corrected chi connectivity index (χ2v) is 7.12. The Labute approximate surface area is 127 Å². The van der Waals surface area contributed by atoms with E-state index in [1.807, 2.05) is 0 Å². The summed E-state index contributed by atoms with van der Waals surface area (Å²) in [7, 11) is 0. The van der Waals surface area contributed by atoms with Crippen LogP contribution in [0.2, 0.25) is 0 Å². The normalized spacial score (nSPS) is 25.6. The van der Waals surface area contributed by atoms with Crippen LogP contribution in [0, 0.1) is 12.3 Å². The van der Waals surface area contributed by atoms with Crippen LogP contribution in [0.5, 0.6) is 5.75 Å². The Kier molecular flexibility index (Phi) is 4.43. The molecule has 0 amide bonds. The first-order chi connectivity index (χ1) is 8.53. The van der Waals surface area contributed by atoms with Gasteiger partial charge in [0.15, 0.2) is 0 Å². The van der Waals surface area contributed by atoms with E-state index in [1.165, 1.54) is 18.4 Å². The number of rotatable bonds is 4. The van der Waals surface area contributed by atoms with Gasteiger partial charge in [-0.1, -0.05) is 45.7 Å². The summed E-state index contributed by atoms with van der Waals surface area (Å²) in [6.45, 7) is 6.62. The average Bonchev–Trinajstić information content (AvgIpc) is 2.35. The van der Waals surface area contributed by atoms with E-state index in [9.17, 15) is 0 Å². The molecule has 18 heavy (non-hydrogen) atoms. The number of hydrogen-bond acceptors (Lipinski definition) is 1. The summed E-state index contributed by atoms with van der Waals surface area (Å²) in [6.07, 6.45) is 3.79. The molecule has 3 heteroatoms. The molecule has 1 saturated carbocycles. The van der Waals surface area contributed by atoms with Crippen molar-refractivity contribution >= 4 is 31.9 Å². The number of aryl methyl sites for hydroxylation is 1. The van der Waals surface area contributed by atoms with Crippen molar-refractivity contribution in [1.82, 2.24) is 0 Å². The van der Waals surface area contributed by atoms with Crippen molar-refractivity contribution in [2.75, 3.05) is 0 Å². The van der Waals surface area contributed by atoms with Gasteiger partial charge in [-0.05, 0) is 49.9 Å². The monoisotopic (exact) mass is 374 g/mol. The third-order valence-corrected chi connectivity index (χ3v) is 6.59. The molecule has 0 aromatic heterocycles. The first kappa shape index (κ1) is 14.4. The van der Waals surface area contributed by atoms with Crippen molar-refractivity contribution in [3.05, 3.63) is 28.2 Å². The van der Waals surface area contributed by atoms with E-state index in [-0.39, 0.29) is 0 Å². The van der Waals surface area contributed by atoms with Crippen LogP contribution in [0.1, 0.15) is 38.7 Å². The summed E-state index contributed by atoms with van der Waals surface area (Å²) in [5.74, 6) is 0.992. The Morgan fingerprint density at radius 3 is 2.50 bits per heavy atom. The minimum absolute atomic E-state index is 0.307. The molecular weight excluding hydrogens is 356 g/mol. The van der Waals surface area contributed by atoms with Crippen molar-refractivity contribution in [3.63, 3.8) is 0 Å². The van der Waals surface area contributed by atoms with Crippen LogP contribution in [-0.2, 0) is 0 Å². The molecule has 0 aliphatic heterocycles. The molecule has 0 heterocycles. The number of ether oxygens (including phenoxy) is 1. The maximum Gasteiger partial charge on any atom is 0.120 e. The molecular formula is C15H20Br2O. The maximum absolute atomic E-state index is 6.20. The van der Waals surface area contributed by atoms with Gasteiger partial charge in [-0.3, -0.25) is 0 Å². The van der Waals surface area contributed by atoms with Gasteiger partial charge >= 0.3 is 0 Å². The zero-order valence-corrected chi connectivity index (χ0v) is 14.3. The largest absolute Gasteiger partial charge is 0.490 e. The lowest BCUT2D eigenvalue weighted by molar-refractivity contribution is -0.0411. The molecule has 1 aromatic carbocycles. The average molecular weight is 376 g/mol.